The van der Waals surface area contributed by atoms with Crippen molar-refractivity contribution in [2.24, 2.45) is 0 Å². The van der Waals surface area contributed by atoms with E-state index in [0.717, 1.165) is 92.7 Å². The van der Waals surface area contributed by atoms with E-state index in [0.29, 0.717) is 6.54 Å². The largest absolute Gasteiger partial charge is 0.497 e. The van der Waals surface area contributed by atoms with E-state index in [-0.39, 0.29) is 0 Å². The lowest BCUT2D eigenvalue weighted by Crippen LogP contribution is -2.18. The number of anilines is 10. The Hall–Kier alpha value is -8.16. The number of methoxy groups -OCH3 is 3. The predicted octanol–water partition coefficient (Wildman–Crippen LogP) is 15.8. The lowest BCUT2D eigenvalue weighted by Gasteiger charge is -2.30. The molecule has 66 heavy (non-hydrogen) atoms. The first-order chi connectivity index (χ1) is 32.6. The molecule has 0 spiro atoms. The third kappa shape index (κ3) is 10.6. The summed E-state index contributed by atoms with van der Waals surface area (Å²) in [6, 6.07) is 65.9. The van der Waals surface area contributed by atoms with Gasteiger partial charge in [0.05, 0.1) is 21.3 Å². The van der Waals surface area contributed by atoms with Crippen molar-refractivity contribution in [1.29, 1.82) is 0 Å². The first-order valence-corrected chi connectivity index (χ1v) is 22.4. The van der Waals surface area contributed by atoms with Crippen molar-refractivity contribution in [1.82, 2.24) is 0 Å². The minimum atomic E-state index is 0.629. The number of benzene rings is 7. The Labute approximate surface area is 390 Å². The number of para-hydroxylation sites is 3. The maximum Gasteiger partial charge on any atom is 0.120 e. The molecule has 330 valence electrons. The summed E-state index contributed by atoms with van der Waals surface area (Å²) < 4.78 is 17.1. The van der Waals surface area contributed by atoms with E-state index < -0.39 is 0 Å². The third-order valence-corrected chi connectivity index (χ3v) is 11.3. The van der Waals surface area contributed by atoms with E-state index in [1.807, 2.05) is 42.5 Å². The molecule has 0 bridgehead atoms. The molecule has 0 heterocycles. The van der Waals surface area contributed by atoms with E-state index in [9.17, 15) is 0 Å². The summed E-state index contributed by atoms with van der Waals surface area (Å²) in [6.07, 6.45) is 16.5. The number of hydrogen-bond donors (Lipinski definition) is 0. The van der Waals surface area contributed by atoms with Crippen molar-refractivity contribution in [3.05, 3.63) is 248 Å². The highest BCUT2D eigenvalue weighted by Gasteiger charge is 2.20. The molecule has 0 saturated carbocycles. The number of allylic oxidation sites excluding steroid dienone is 6. The highest BCUT2D eigenvalue weighted by Crippen LogP contribution is 2.42. The van der Waals surface area contributed by atoms with Crippen molar-refractivity contribution in [3.8, 4) is 5.75 Å². The lowest BCUT2D eigenvalue weighted by molar-refractivity contribution is 0.305. The Morgan fingerprint density at radius 1 is 0.500 bits per heavy atom. The van der Waals surface area contributed by atoms with Crippen LogP contribution in [0.3, 0.4) is 0 Å². The second-order valence-electron chi connectivity index (χ2n) is 15.5. The zero-order valence-corrected chi connectivity index (χ0v) is 38.1. The maximum atomic E-state index is 5.72. The van der Waals surface area contributed by atoms with Gasteiger partial charge < -0.3 is 33.8 Å². The standard InChI is InChI=1S/C59H56N4O3/c1-5-6-27-57(64-2)42-43-60(46-19-10-7-11-20-46)47-30-32-50(33-31-47)61(52-36-40-54(41-37-52)63(49-23-14-9-15-24-49)56-26-18-29-59(45-56)66-4)51-34-38-53(39-35-51)62(48-21-12-8-13-22-48)55-25-16-17-28-58(44-55)65-3/h6-15,17-42,44-45H,5,16,43H2,1-4H3/b27-6-,57-42+. The number of hydrogen-bond acceptors (Lipinski definition) is 7. The van der Waals surface area contributed by atoms with Crippen LogP contribution in [-0.2, 0) is 9.47 Å². The molecule has 0 radical (unpaired) electrons. The summed E-state index contributed by atoms with van der Waals surface area (Å²) in [4.78, 5) is 9.14. The van der Waals surface area contributed by atoms with Gasteiger partial charge >= 0.3 is 0 Å². The van der Waals surface area contributed by atoms with Gasteiger partial charge in [0.1, 0.15) is 17.3 Å². The molecule has 1 aliphatic rings. The third-order valence-electron chi connectivity index (χ3n) is 11.3. The van der Waals surface area contributed by atoms with Gasteiger partial charge in [-0.25, -0.2) is 0 Å². The normalized spacial score (nSPS) is 12.5. The first-order valence-electron chi connectivity index (χ1n) is 22.4. The first kappa shape index (κ1) is 44.4. The maximum absolute atomic E-state index is 5.72. The molecule has 7 heteroatoms. The number of ether oxygens (including phenoxy) is 3. The summed E-state index contributed by atoms with van der Waals surface area (Å²) in [7, 11) is 5.14. The van der Waals surface area contributed by atoms with Crippen LogP contribution in [0.25, 0.3) is 0 Å². The van der Waals surface area contributed by atoms with Crippen molar-refractivity contribution < 1.29 is 14.2 Å². The average molecular weight is 869 g/mol. The second kappa shape index (κ2) is 22.0. The van der Waals surface area contributed by atoms with Crippen molar-refractivity contribution in [2.75, 3.05) is 47.5 Å². The van der Waals surface area contributed by atoms with Crippen molar-refractivity contribution in [3.63, 3.8) is 0 Å². The van der Waals surface area contributed by atoms with Crippen LogP contribution in [-0.4, -0.2) is 27.9 Å². The zero-order valence-electron chi connectivity index (χ0n) is 38.1. The summed E-state index contributed by atoms with van der Waals surface area (Å²) >= 11 is 0. The van der Waals surface area contributed by atoms with Crippen LogP contribution in [0.2, 0.25) is 0 Å². The van der Waals surface area contributed by atoms with Gasteiger partial charge in [-0.2, -0.15) is 0 Å². The van der Waals surface area contributed by atoms with Gasteiger partial charge in [-0.05, 0) is 152 Å². The van der Waals surface area contributed by atoms with Gasteiger partial charge in [0.15, 0.2) is 0 Å². The molecule has 0 unspecified atom stereocenters. The molecule has 7 nitrogen and oxygen atoms in total. The van der Waals surface area contributed by atoms with Crippen LogP contribution in [0.1, 0.15) is 19.8 Å². The molecule has 0 amide bonds. The van der Waals surface area contributed by atoms with Crippen LogP contribution in [0.4, 0.5) is 56.9 Å². The number of rotatable bonds is 18. The molecular formula is C59H56N4O3. The molecular weight excluding hydrogens is 813 g/mol. The Morgan fingerprint density at radius 3 is 1.47 bits per heavy atom. The summed E-state index contributed by atoms with van der Waals surface area (Å²) in [6.45, 7) is 2.75. The predicted molar refractivity (Wildman–Crippen MR) is 276 cm³/mol. The van der Waals surface area contributed by atoms with Gasteiger partial charge in [-0.3, -0.25) is 0 Å². The average Bonchev–Trinajstić information content (AvgIpc) is 3.63. The van der Waals surface area contributed by atoms with Gasteiger partial charge in [0, 0.05) is 81.3 Å². The van der Waals surface area contributed by atoms with Gasteiger partial charge in [-0.15, -0.1) is 0 Å². The minimum absolute atomic E-state index is 0.629. The molecule has 0 atom stereocenters. The molecule has 0 aliphatic heterocycles. The van der Waals surface area contributed by atoms with Crippen molar-refractivity contribution in [2.45, 2.75) is 19.8 Å². The lowest BCUT2D eigenvalue weighted by atomic mass is 10.1. The summed E-state index contributed by atoms with van der Waals surface area (Å²) in [5.74, 6) is 2.43. The fourth-order valence-electron chi connectivity index (χ4n) is 8.04. The molecule has 1 aliphatic carbocycles. The SMILES string of the molecule is CC/C=C\C(=C/CN(c1ccccc1)c1ccc(N(c2ccc(N(C3=CCC=CC(OC)=C3)c3ccccc3)cc2)c2ccc(N(c3ccccc3)c3cccc(OC)c3)cc2)cc1)OC. The van der Waals surface area contributed by atoms with Gasteiger partial charge in [0.2, 0.25) is 0 Å². The fraction of sp³-hybridized carbons (Fsp3) is 0.119. The number of nitrogens with zero attached hydrogens (tertiary/aromatic N) is 4. The van der Waals surface area contributed by atoms with Crippen LogP contribution >= 0.6 is 0 Å². The molecule has 0 fully saturated rings. The van der Waals surface area contributed by atoms with Crippen LogP contribution in [0.15, 0.2) is 248 Å². The zero-order chi connectivity index (χ0) is 45.5. The van der Waals surface area contributed by atoms with E-state index >= 15 is 0 Å². The van der Waals surface area contributed by atoms with Crippen LogP contribution in [0, 0.1) is 0 Å². The molecule has 8 rings (SSSR count). The highest BCUT2D eigenvalue weighted by molar-refractivity contribution is 5.83. The van der Waals surface area contributed by atoms with Crippen LogP contribution in [0.5, 0.6) is 5.75 Å². The van der Waals surface area contributed by atoms with Crippen LogP contribution < -0.4 is 24.3 Å². The smallest absolute Gasteiger partial charge is 0.120 e. The van der Waals surface area contributed by atoms with E-state index in [4.69, 9.17) is 14.2 Å². The Balaban J connectivity index is 1.21. The highest BCUT2D eigenvalue weighted by atomic mass is 16.5. The molecule has 0 N–H and O–H groups in total. The van der Waals surface area contributed by atoms with E-state index in [1.165, 1.54) is 0 Å². The fourth-order valence-corrected chi connectivity index (χ4v) is 8.04. The topological polar surface area (TPSA) is 40.7 Å². The Bertz CT molecular complexity index is 2780. The van der Waals surface area contributed by atoms with Gasteiger partial charge in [-0.1, -0.05) is 85.8 Å². The van der Waals surface area contributed by atoms with E-state index in [2.05, 4.69) is 215 Å². The monoisotopic (exact) mass is 868 g/mol. The Kier molecular flexibility index (Phi) is 14.8. The molecule has 7 aromatic rings. The van der Waals surface area contributed by atoms with E-state index in [1.54, 1.807) is 21.3 Å². The Morgan fingerprint density at radius 2 is 0.955 bits per heavy atom. The summed E-state index contributed by atoms with van der Waals surface area (Å²) in [5.41, 5.74) is 11.4. The molecule has 7 aromatic carbocycles. The van der Waals surface area contributed by atoms with Gasteiger partial charge in [0.25, 0.3) is 0 Å². The summed E-state index contributed by atoms with van der Waals surface area (Å²) in [5, 5.41) is 0. The second-order valence-corrected chi connectivity index (χ2v) is 15.5. The molecule has 0 saturated heterocycles. The van der Waals surface area contributed by atoms with Crippen molar-refractivity contribution >= 4 is 56.9 Å². The minimum Gasteiger partial charge on any atom is -0.497 e. The quantitative estimate of drug-likeness (QED) is 0.0628. The molecule has 0 aromatic heterocycles.